The normalized spacial score (nSPS) is 14.6. The van der Waals surface area contributed by atoms with Gasteiger partial charge in [-0.1, -0.05) is 6.92 Å². The molecule has 0 radical (unpaired) electrons. The van der Waals surface area contributed by atoms with Crippen LogP contribution in [0.3, 0.4) is 0 Å². The van der Waals surface area contributed by atoms with Gasteiger partial charge in [-0.15, -0.1) is 0 Å². The summed E-state index contributed by atoms with van der Waals surface area (Å²) in [6, 6.07) is 3.98. The first-order valence-electron chi connectivity index (χ1n) is 5.77. The highest BCUT2D eigenvalue weighted by Crippen LogP contribution is 2.17. The first kappa shape index (κ1) is 14.5. The molecule has 0 aliphatic heterocycles. The molecule has 0 fully saturated rings. The van der Waals surface area contributed by atoms with E-state index >= 15 is 0 Å². The number of halogens is 2. The molecule has 0 aromatic heterocycles. The van der Waals surface area contributed by atoms with Crippen LogP contribution in [0.4, 0.5) is 8.78 Å². The predicted octanol–water partition coefficient (Wildman–Crippen LogP) is 3.76. The molecular formula is C13H19F2NS. The third-order valence-corrected chi connectivity index (χ3v) is 3.47. The van der Waals surface area contributed by atoms with Crippen LogP contribution in [0.2, 0.25) is 0 Å². The van der Waals surface area contributed by atoms with Crippen molar-refractivity contribution in [3.8, 4) is 0 Å². The van der Waals surface area contributed by atoms with Crippen LogP contribution < -0.4 is 5.32 Å². The topological polar surface area (TPSA) is 12.0 Å². The maximum Gasteiger partial charge on any atom is 0.126 e. The lowest BCUT2D eigenvalue weighted by Gasteiger charge is -2.22. The second-order valence-electron chi connectivity index (χ2n) is 4.15. The minimum absolute atomic E-state index is 0.0442. The largest absolute Gasteiger partial charge is 0.307 e. The van der Waals surface area contributed by atoms with Crippen LogP contribution in [-0.4, -0.2) is 18.1 Å². The molecule has 0 bridgehead atoms. The van der Waals surface area contributed by atoms with Gasteiger partial charge in [0.25, 0.3) is 0 Å². The number of hydrogen-bond donors (Lipinski definition) is 1. The number of thioether (sulfide) groups is 1. The van der Waals surface area contributed by atoms with E-state index in [1.54, 1.807) is 11.8 Å². The van der Waals surface area contributed by atoms with Crippen LogP contribution in [0.5, 0.6) is 0 Å². The molecule has 0 saturated heterocycles. The summed E-state index contributed by atoms with van der Waals surface area (Å²) in [6.07, 6.45) is 3.06. The van der Waals surface area contributed by atoms with E-state index in [1.807, 2.05) is 6.92 Å². The maximum atomic E-state index is 13.1. The third-order valence-electron chi connectivity index (χ3n) is 2.73. The molecule has 0 amide bonds. The molecule has 0 aliphatic carbocycles. The van der Waals surface area contributed by atoms with Crippen molar-refractivity contribution in [1.29, 1.82) is 0 Å². The SMILES string of the molecule is CCC(CSC)NC(C)c1cc(F)cc(F)c1. The van der Waals surface area contributed by atoms with E-state index in [-0.39, 0.29) is 6.04 Å². The van der Waals surface area contributed by atoms with Gasteiger partial charge in [0.15, 0.2) is 0 Å². The third kappa shape index (κ3) is 4.64. The molecule has 17 heavy (non-hydrogen) atoms. The maximum absolute atomic E-state index is 13.1. The first-order chi connectivity index (χ1) is 8.06. The van der Waals surface area contributed by atoms with Crippen molar-refractivity contribution >= 4 is 11.8 Å². The summed E-state index contributed by atoms with van der Waals surface area (Å²) in [7, 11) is 0. The van der Waals surface area contributed by atoms with Crippen molar-refractivity contribution in [2.75, 3.05) is 12.0 Å². The van der Waals surface area contributed by atoms with Gasteiger partial charge >= 0.3 is 0 Å². The molecule has 2 atom stereocenters. The number of benzene rings is 1. The van der Waals surface area contributed by atoms with Gasteiger partial charge in [0.1, 0.15) is 11.6 Å². The monoisotopic (exact) mass is 259 g/mol. The summed E-state index contributed by atoms with van der Waals surface area (Å²) in [5.41, 5.74) is 0.655. The van der Waals surface area contributed by atoms with Gasteiger partial charge in [-0.2, -0.15) is 11.8 Å². The van der Waals surface area contributed by atoms with Gasteiger partial charge in [0.2, 0.25) is 0 Å². The van der Waals surface area contributed by atoms with E-state index in [0.717, 1.165) is 18.2 Å². The zero-order valence-electron chi connectivity index (χ0n) is 10.5. The fraction of sp³-hybridized carbons (Fsp3) is 0.538. The molecule has 1 aromatic rings. The Morgan fingerprint density at radius 3 is 2.29 bits per heavy atom. The molecule has 1 aromatic carbocycles. The molecule has 0 heterocycles. The van der Waals surface area contributed by atoms with E-state index in [9.17, 15) is 8.78 Å². The lowest BCUT2D eigenvalue weighted by molar-refractivity contribution is 0.469. The Balaban J connectivity index is 2.71. The molecular weight excluding hydrogens is 240 g/mol. The van der Waals surface area contributed by atoms with Crippen molar-refractivity contribution in [2.45, 2.75) is 32.4 Å². The predicted molar refractivity (Wildman–Crippen MR) is 70.4 cm³/mol. The molecule has 0 aliphatic rings. The fourth-order valence-electron chi connectivity index (χ4n) is 1.76. The van der Waals surface area contributed by atoms with Gasteiger partial charge in [-0.3, -0.25) is 0 Å². The van der Waals surface area contributed by atoms with Crippen LogP contribution >= 0.6 is 11.8 Å². The summed E-state index contributed by atoms with van der Waals surface area (Å²) in [5, 5.41) is 3.38. The minimum atomic E-state index is -0.522. The summed E-state index contributed by atoms with van der Waals surface area (Å²) >= 11 is 1.77. The average molecular weight is 259 g/mol. The molecule has 2 unspecified atom stereocenters. The Labute approximate surface area is 106 Å². The van der Waals surface area contributed by atoms with E-state index < -0.39 is 11.6 Å². The lowest BCUT2D eigenvalue weighted by Crippen LogP contribution is -2.33. The molecule has 0 saturated carbocycles. The van der Waals surface area contributed by atoms with Crippen molar-refractivity contribution < 1.29 is 8.78 Å². The van der Waals surface area contributed by atoms with Crippen LogP contribution in [0.25, 0.3) is 0 Å². The molecule has 0 spiro atoms. The van der Waals surface area contributed by atoms with Gasteiger partial charge < -0.3 is 5.32 Å². The molecule has 96 valence electrons. The Hall–Kier alpha value is -0.610. The van der Waals surface area contributed by atoms with E-state index in [4.69, 9.17) is 0 Å². The van der Waals surface area contributed by atoms with Gasteiger partial charge in [0.05, 0.1) is 0 Å². The Morgan fingerprint density at radius 2 is 1.82 bits per heavy atom. The smallest absolute Gasteiger partial charge is 0.126 e. The Kier molecular flexibility index (Phi) is 5.92. The zero-order chi connectivity index (χ0) is 12.8. The highest BCUT2D eigenvalue weighted by Gasteiger charge is 2.13. The first-order valence-corrected chi connectivity index (χ1v) is 7.17. The van der Waals surface area contributed by atoms with Crippen LogP contribution in [0.1, 0.15) is 31.9 Å². The van der Waals surface area contributed by atoms with Crippen molar-refractivity contribution in [3.05, 3.63) is 35.4 Å². The van der Waals surface area contributed by atoms with Gasteiger partial charge in [-0.05, 0) is 37.3 Å². The van der Waals surface area contributed by atoms with Gasteiger partial charge in [0, 0.05) is 23.9 Å². The average Bonchev–Trinajstić information content (AvgIpc) is 2.27. The summed E-state index contributed by atoms with van der Waals surface area (Å²) in [6.45, 7) is 4.03. The molecule has 1 N–H and O–H groups in total. The van der Waals surface area contributed by atoms with Crippen LogP contribution in [-0.2, 0) is 0 Å². The van der Waals surface area contributed by atoms with Crippen LogP contribution in [0.15, 0.2) is 18.2 Å². The zero-order valence-corrected chi connectivity index (χ0v) is 11.3. The van der Waals surface area contributed by atoms with Crippen LogP contribution in [0, 0.1) is 11.6 Å². The molecule has 1 nitrogen and oxygen atoms in total. The highest BCUT2D eigenvalue weighted by atomic mass is 32.2. The highest BCUT2D eigenvalue weighted by molar-refractivity contribution is 7.98. The van der Waals surface area contributed by atoms with E-state index in [0.29, 0.717) is 11.6 Å². The Morgan fingerprint density at radius 1 is 1.24 bits per heavy atom. The van der Waals surface area contributed by atoms with Crippen molar-refractivity contribution in [3.63, 3.8) is 0 Å². The standard InChI is InChI=1S/C13H19F2NS/c1-4-13(8-17-3)16-9(2)10-5-11(14)7-12(15)6-10/h5-7,9,13,16H,4,8H2,1-3H3. The summed E-state index contributed by atoms with van der Waals surface area (Å²) in [4.78, 5) is 0. The summed E-state index contributed by atoms with van der Waals surface area (Å²) in [5.74, 6) is -0.0447. The second kappa shape index (κ2) is 6.97. The molecule has 4 heteroatoms. The summed E-state index contributed by atoms with van der Waals surface area (Å²) < 4.78 is 26.2. The lowest BCUT2D eigenvalue weighted by atomic mass is 10.1. The second-order valence-corrected chi connectivity index (χ2v) is 5.06. The fourth-order valence-corrected chi connectivity index (χ4v) is 2.49. The number of hydrogen-bond acceptors (Lipinski definition) is 2. The minimum Gasteiger partial charge on any atom is -0.307 e. The van der Waals surface area contributed by atoms with E-state index in [2.05, 4.69) is 18.5 Å². The van der Waals surface area contributed by atoms with Crippen molar-refractivity contribution in [2.24, 2.45) is 0 Å². The van der Waals surface area contributed by atoms with E-state index in [1.165, 1.54) is 12.1 Å². The number of rotatable bonds is 6. The Bertz CT molecular complexity index is 337. The van der Waals surface area contributed by atoms with Gasteiger partial charge in [-0.25, -0.2) is 8.78 Å². The quantitative estimate of drug-likeness (QED) is 0.835. The number of nitrogens with one attached hydrogen (secondary N) is 1. The van der Waals surface area contributed by atoms with Crippen molar-refractivity contribution in [1.82, 2.24) is 5.32 Å². The molecule has 1 rings (SSSR count).